The van der Waals surface area contributed by atoms with E-state index < -0.39 is 0 Å². The van der Waals surface area contributed by atoms with Crippen molar-refractivity contribution in [1.29, 1.82) is 0 Å². The first-order chi connectivity index (χ1) is 16.0. The number of methoxy groups -OCH3 is 1. The fraction of sp³-hybridized carbons (Fsp3) is 0.280. The van der Waals surface area contributed by atoms with Crippen molar-refractivity contribution in [2.45, 2.75) is 12.1 Å². The minimum atomic E-state index is -0.350. The smallest absolute Gasteiger partial charge is 0.205 e. The summed E-state index contributed by atoms with van der Waals surface area (Å²) >= 11 is 6.11. The molecule has 8 heteroatoms. The molecule has 1 fully saturated rings. The predicted octanol–water partition coefficient (Wildman–Crippen LogP) is 5.03. The maximum atomic E-state index is 15.0. The van der Waals surface area contributed by atoms with E-state index in [2.05, 4.69) is 14.7 Å². The molecule has 0 radical (unpaired) electrons. The van der Waals surface area contributed by atoms with Crippen LogP contribution in [0.1, 0.15) is 23.3 Å². The zero-order chi connectivity index (χ0) is 23.4. The van der Waals surface area contributed by atoms with Crippen molar-refractivity contribution >= 4 is 23.0 Å². The van der Waals surface area contributed by atoms with Gasteiger partial charge in [0.25, 0.3) is 0 Å². The summed E-state index contributed by atoms with van der Waals surface area (Å²) in [7, 11) is 1.51. The molecule has 0 saturated carbocycles. The number of piperazine rings is 1. The van der Waals surface area contributed by atoms with Gasteiger partial charge in [0.2, 0.25) is 5.69 Å². The van der Waals surface area contributed by atoms with Crippen LogP contribution >= 0.6 is 11.6 Å². The number of hydrogen-bond donors (Lipinski definition) is 1. The summed E-state index contributed by atoms with van der Waals surface area (Å²) in [6.45, 7) is 8.70. The van der Waals surface area contributed by atoms with Crippen LogP contribution in [-0.2, 0) is 0 Å². The van der Waals surface area contributed by atoms with Crippen LogP contribution in [0, 0.1) is 12.4 Å². The van der Waals surface area contributed by atoms with Crippen LogP contribution in [0.3, 0.4) is 0 Å². The Balaban J connectivity index is 1.67. The van der Waals surface area contributed by atoms with Crippen LogP contribution in [0.2, 0.25) is 5.02 Å². The molecule has 4 rings (SSSR count). The lowest BCUT2D eigenvalue weighted by molar-refractivity contribution is 0.100. The number of aromatic nitrogens is 1. The summed E-state index contributed by atoms with van der Waals surface area (Å²) in [4.78, 5) is 12.0. The van der Waals surface area contributed by atoms with Crippen LogP contribution in [0.25, 0.3) is 4.85 Å². The number of nitrogens with zero attached hydrogens (tertiary/aromatic N) is 4. The maximum absolute atomic E-state index is 15.0. The number of benzene rings is 2. The van der Waals surface area contributed by atoms with Gasteiger partial charge in [0.05, 0.1) is 43.8 Å². The van der Waals surface area contributed by atoms with Crippen molar-refractivity contribution in [1.82, 2.24) is 9.88 Å². The van der Waals surface area contributed by atoms with Crippen molar-refractivity contribution in [3.8, 4) is 5.75 Å². The van der Waals surface area contributed by atoms with Gasteiger partial charge in [0.1, 0.15) is 11.6 Å². The quantitative estimate of drug-likeness (QED) is 0.516. The number of anilines is 1. The van der Waals surface area contributed by atoms with Crippen LogP contribution in [0.4, 0.5) is 15.8 Å². The highest BCUT2D eigenvalue weighted by molar-refractivity contribution is 6.30. The molecular formula is C25H24ClFN4O2. The van der Waals surface area contributed by atoms with E-state index in [4.69, 9.17) is 22.9 Å². The summed E-state index contributed by atoms with van der Waals surface area (Å²) in [5.74, 6) is 0.115. The van der Waals surface area contributed by atoms with Crippen molar-refractivity contribution in [3.63, 3.8) is 0 Å². The molecule has 0 unspecified atom stereocenters. The highest BCUT2D eigenvalue weighted by atomic mass is 35.5. The van der Waals surface area contributed by atoms with Crippen molar-refractivity contribution in [2.75, 3.05) is 38.3 Å². The van der Waals surface area contributed by atoms with E-state index >= 15 is 4.39 Å². The molecular weight excluding hydrogens is 443 g/mol. The highest BCUT2D eigenvalue weighted by Gasteiger charge is 2.34. The van der Waals surface area contributed by atoms with Gasteiger partial charge in [-0.2, -0.15) is 0 Å². The Hall–Kier alpha value is -3.18. The number of halogens is 2. The first-order valence-corrected chi connectivity index (χ1v) is 11.0. The van der Waals surface area contributed by atoms with E-state index in [9.17, 15) is 5.11 Å². The first-order valence-electron chi connectivity index (χ1n) is 10.6. The van der Waals surface area contributed by atoms with Crippen molar-refractivity contribution < 1.29 is 14.2 Å². The van der Waals surface area contributed by atoms with E-state index in [1.807, 2.05) is 29.2 Å². The van der Waals surface area contributed by atoms with E-state index in [0.717, 1.165) is 5.56 Å². The van der Waals surface area contributed by atoms with Crippen LogP contribution in [0.15, 0.2) is 60.8 Å². The van der Waals surface area contributed by atoms with Gasteiger partial charge in [-0.1, -0.05) is 29.8 Å². The molecule has 0 spiro atoms. The first kappa shape index (κ1) is 23.0. The van der Waals surface area contributed by atoms with Crippen LogP contribution < -0.4 is 9.64 Å². The maximum Gasteiger partial charge on any atom is 0.205 e. The predicted molar refractivity (Wildman–Crippen MR) is 126 cm³/mol. The van der Waals surface area contributed by atoms with E-state index in [0.29, 0.717) is 47.5 Å². The Morgan fingerprint density at radius 3 is 2.61 bits per heavy atom. The van der Waals surface area contributed by atoms with Gasteiger partial charge in [-0.3, -0.25) is 9.88 Å². The third-order valence-corrected chi connectivity index (χ3v) is 6.24. The molecule has 1 saturated heterocycles. The zero-order valence-corrected chi connectivity index (χ0v) is 18.9. The van der Waals surface area contributed by atoms with E-state index in [1.165, 1.54) is 19.4 Å². The fourth-order valence-corrected chi connectivity index (χ4v) is 4.38. The highest BCUT2D eigenvalue weighted by Crippen LogP contribution is 2.36. The summed E-state index contributed by atoms with van der Waals surface area (Å²) in [5, 5.41) is 10.8. The Kier molecular flexibility index (Phi) is 7.09. The third-order valence-electron chi connectivity index (χ3n) is 5.99. The van der Waals surface area contributed by atoms with E-state index in [-0.39, 0.29) is 24.5 Å². The SMILES string of the molecule is [C-]#[N+]c1ccc([C@@H](CO)N2CCN(c3ccc(OC)cc3F)[C@H](c3ccc(Cl)cc3)C2)nc1. The molecule has 0 bridgehead atoms. The molecule has 1 aliphatic heterocycles. The summed E-state index contributed by atoms with van der Waals surface area (Å²) < 4.78 is 20.2. The molecule has 0 amide bonds. The second kappa shape index (κ2) is 10.2. The molecule has 3 aromatic rings. The Morgan fingerprint density at radius 1 is 1.21 bits per heavy atom. The van der Waals surface area contributed by atoms with Crippen LogP contribution in [0.5, 0.6) is 5.75 Å². The molecule has 1 aromatic heterocycles. The molecule has 2 atom stereocenters. The minimum Gasteiger partial charge on any atom is -0.497 e. The normalized spacial score (nSPS) is 17.4. The molecule has 33 heavy (non-hydrogen) atoms. The topological polar surface area (TPSA) is 53.2 Å². The summed E-state index contributed by atoms with van der Waals surface area (Å²) in [5.41, 5.74) is 2.64. The standard InChI is InChI=1S/C25H24ClFN4O2/c1-28-19-7-9-22(29-14-19)25(16-32)30-11-12-31(23-10-8-20(33-2)13-21(23)27)24(15-30)17-3-5-18(26)6-4-17/h3-10,13-14,24-25,32H,11-12,15-16H2,2H3/t24-,25+/m0/s1. The van der Waals surface area contributed by atoms with Crippen LogP contribution in [-0.4, -0.2) is 48.3 Å². The summed E-state index contributed by atoms with van der Waals surface area (Å²) in [6, 6.07) is 15.4. The monoisotopic (exact) mass is 466 g/mol. The minimum absolute atomic E-state index is 0.116. The van der Waals surface area contributed by atoms with Gasteiger partial charge < -0.3 is 14.7 Å². The third kappa shape index (κ3) is 4.93. The molecule has 2 heterocycles. The number of ether oxygens (including phenoxy) is 1. The number of aliphatic hydroxyl groups is 1. The largest absolute Gasteiger partial charge is 0.497 e. The number of aliphatic hydroxyl groups excluding tert-OH is 1. The Morgan fingerprint density at radius 2 is 2.00 bits per heavy atom. The Labute approximate surface area is 197 Å². The van der Waals surface area contributed by atoms with Crippen molar-refractivity contribution in [2.24, 2.45) is 0 Å². The van der Waals surface area contributed by atoms with Gasteiger partial charge in [0.15, 0.2) is 0 Å². The number of pyridine rings is 1. The number of rotatable bonds is 6. The van der Waals surface area contributed by atoms with Gasteiger partial charge in [-0.15, -0.1) is 0 Å². The molecule has 170 valence electrons. The lowest BCUT2D eigenvalue weighted by atomic mass is 9.99. The lowest BCUT2D eigenvalue weighted by Crippen LogP contribution is -2.50. The Bertz CT molecular complexity index is 1130. The zero-order valence-electron chi connectivity index (χ0n) is 18.2. The number of hydrogen-bond acceptors (Lipinski definition) is 5. The van der Waals surface area contributed by atoms with Crippen molar-refractivity contribution in [3.05, 3.63) is 94.3 Å². The average Bonchev–Trinajstić information content (AvgIpc) is 2.85. The molecule has 0 aliphatic carbocycles. The van der Waals surface area contributed by atoms with Gasteiger partial charge in [-0.25, -0.2) is 9.24 Å². The second-order valence-corrected chi connectivity index (χ2v) is 8.26. The van der Waals surface area contributed by atoms with E-state index in [1.54, 1.807) is 24.3 Å². The van der Waals surface area contributed by atoms with Gasteiger partial charge in [-0.05, 0) is 35.9 Å². The molecule has 1 aliphatic rings. The molecule has 2 aromatic carbocycles. The van der Waals surface area contributed by atoms with Gasteiger partial charge >= 0.3 is 0 Å². The second-order valence-electron chi connectivity index (χ2n) is 7.82. The molecule has 6 nitrogen and oxygen atoms in total. The molecule has 1 N–H and O–H groups in total. The fourth-order valence-electron chi connectivity index (χ4n) is 4.25. The average molecular weight is 467 g/mol. The lowest BCUT2D eigenvalue weighted by Gasteiger charge is -2.45. The van der Waals surface area contributed by atoms with Gasteiger partial charge in [0, 0.05) is 36.9 Å². The summed E-state index contributed by atoms with van der Waals surface area (Å²) in [6.07, 6.45) is 1.52.